The van der Waals surface area contributed by atoms with Crippen LogP contribution in [0.1, 0.15) is 0 Å². The first kappa shape index (κ1) is 37.5. The standard InChI is InChI=1S/C25H40N2O20/c1-26(41-7-13(33)47-27-11(31)2-3-12(27)32)23-18(38)17(37)21(10(6-30)42-23)45-25-20(40)22(15(35)9(5-29)44-25)46-24-19(39)16(36)14(34)8(4-28)43-24/h2-3,8-10,14-25,28-32,34-40H,4-7H2,1H3. The van der Waals surface area contributed by atoms with Crippen molar-refractivity contribution < 1.29 is 99.4 Å². The first-order valence-electron chi connectivity index (χ1n) is 14.3. The SMILES string of the molecule is CN(OCC(=O)On1c(O)ccc1O)C1OC(CO)C(OC2OC(CO)C(O)C(OC3OC(CO)C(O)C(O)C3O)C2O)C(O)C1O. The summed E-state index contributed by atoms with van der Waals surface area (Å²) in [4.78, 5) is 22.0. The number of ether oxygens (including phenoxy) is 5. The van der Waals surface area contributed by atoms with Crippen LogP contribution in [-0.4, -0.2) is 203 Å². The molecule has 1 aromatic rings. The molecule has 1 aromatic heterocycles. The molecule has 0 amide bonds. The van der Waals surface area contributed by atoms with Gasteiger partial charge in [-0.25, -0.2) is 4.79 Å². The average molecular weight is 689 g/mol. The van der Waals surface area contributed by atoms with Crippen molar-refractivity contribution in [2.45, 2.75) is 92.1 Å². The number of rotatable bonds is 12. The third kappa shape index (κ3) is 7.95. The van der Waals surface area contributed by atoms with Crippen molar-refractivity contribution in [1.82, 2.24) is 9.79 Å². The minimum atomic E-state index is -1.99. The van der Waals surface area contributed by atoms with E-state index in [0.717, 1.165) is 17.2 Å². The van der Waals surface area contributed by atoms with Crippen LogP contribution in [0.3, 0.4) is 0 Å². The molecule has 0 spiro atoms. The molecule has 0 radical (unpaired) electrons. The van der Waals surface area contributed by atoms with Gasteiger partial charge in [-0.1, -0.05) is 0 Å². The Bertz CT molecular complexity index is 1140. The molecule has 0 aliphatic carbocycles. The number of carbonyl (C=O) groups excluding carboxylic acids is 1. The molecule has 0 saturated carbocycles. The molecule has 15 atom stereocenters. The lowest BCUT2D eigenvalue weighted by Gasteiger charge is -2.48. The van der Waals surface area contributed by atoms with E-state index in [1.165, 1.54) is 7.05 Å². The molecular formula is C25H40N2O20. The number of aromatic hydroxyl groups is 2. The van der Waals surface area contributed by atoms with Gasteiger partial charge in [-0.05, 0) is 0 Å². The zero-order valence-electron chi connectivity index (χ0n) is 24.7. The van der Waals surface area contributed by atoms with Crippen molar-refractivity contribution in [2.24, 2.45) is 0 Å². The second-order valence-corrected chi connectivity index (χ2v) is 11.0. The lowest BCUT2D eigenvalue weighted by molar-refractivity contribution is -0.382. The van der Waals surface area contributed by atoms with Crippen molar-refractivity contribution in [1.29, 1.82) is 0 Å². The molecule has 0 bridgehead atoms. The highest BCUT2D eigenvalue weighted by Crippen LogP contribution is 2.33. The van der Waals surface area contributed by atoms with Crippen molar-refractivity contribution >= 4 is 5.97 Å². The van der Waals surface area contributed by atoms with Gasteiger partial charge >= 0.3 is 5.97 Å². The van der Waals surface area contributed by atoms with E-state index in [0.29, 0.717) is 4.73 Å². The Morgan fingerprint density at radius 3 is 1.81 bits per heavy atom. The van der Waals surface area contributed by atoms with Gasteiger partial charge < -0.3 is 89.8 Å². The third-order valence-electron chi connectivity index (χ3n) is 7.83. The second-order valence-electron chi connectivity index (χ2n) is 11.0. The maximum atomic E-state index is 12.1. The van der Waals surface area contributed by atoms with Crippen LogP contribution in [0.4, 0.5) is 0 Å². The quantitative estimate of drug-likeness (QED) is 0.0907. The normalized spacial score (nSPS) is 41.2. The Balaban J connectivity index is 1.41. The molecule has 3 saturated heterocycles. The molecule has 4 rings (SSSR count). The Morgan fingerprint density at radius 1 is 0.702 bits per heavy atom. The lowest BCUT2D eigenvalue weighted by Crippen LogP contribution is -2.67. The van der Waals surface area contributed by atoms with Crippen LogP contribution >= 0.6 is 0 Å². The number of hydrogen-bond donors (Lipinski definition) is 12. The van der Waals surface area contributed by atoms with Gasteiger partial charge in [0.05, 0.1) is 19.8 Å². The summed E-state index contributed by atoms with van der Waals surface area (Å²) in [5.41, 5.74) is 0. The smallest absolute Gasteiger partial charge is 0.360 e. The highest BCUT2D eigenvalue weighted by atomic mass is 16.8. The monoisotopic (exact) mass is 688 g/mol. The minimum absolute atomic E-state index is 0.409. The van der Waals surface area contributed by atoms with Crippen molar-refractivity contribution in [3.05, 3.63) is 12.1 Å². The largest absolute Gasteiger partial charge is 0.492 e. The number of aliphatic hydroxyl groups excluding tert-OH is 10. The maximum Gasteiger partial charge on any atom is 0.360 e. The zero-order valence-corrected chi connectivity index (χ0v) is 24.7. The van der Waals surface area contributed by atoms with Gasteiger partial charge in [0.15, 0.2) is 25.4 Å². The van der Waals surface area contributed by atoms with Crippen LogP contribution < -0.4 is 4.84 Å². The average Bonchev–Trinajstić information content (AvgIpc) is 3.37. The Labute approximate surface area is 265 Å². The molecule has 47 heavy (non-hydrogen) atoms. The molecule has 22 heteroatoms. The van der Waals surface area contributed by atoms with Crippen LogP contribution in [-0.2, 0) is 33.3 Å². The summed E-state index contributed by atoms with van der Waals surface area (Å²) in [6.07, 6.45) is -26.1. The second kappa shape index (κ2) is 15.9. The summed E-state index contributed by atoms with van der Waals surface area (Å²) < 4.78 is 27.9. The summed E-state index contributed by atoms with van der Waals surface area (Å²) in [6, 6.07) is 2.10. The van der Waals surface area contributed by atoms with Crippen LogP contribution in [0.15, 0.2) is 12.1 Å². The number of hydroxylamine groups is 2. The van der Waals surface area contributed by atoms with Gasteiger partial charge in [-0.3, -0.25) is 4.84 Å². The van der Waals surface area contributed by atoms with E-state index in [2.05, 4.69) is 0 Å². The van der Waals surface area contributed by atoms with Crippen LogP contribution in [0.5, 0.6) is 11.8 Å². The van der Waals surface area contributed by atoms with E-state index in [1.807, 2.05) is 0 Å². The van der Waals surface area contributed by atoms with Gasteiger partial charge in [0.1, 0.15) is 73.2 Å². The van der Waals surface area contributed by atoms with E-state index >= 15 is 0 Å². The number of hydrogen-bond acceptors (Lipinski definition) is 21. The number of carbonyl (C=O) groups is 1. The first-order valence-corrected chi connectivity index (χ1v) is 14.3. The topological polar surface area (TPSA) is 333 Å². The minimum Gasteiger partial charge on any atom is -0.492 e. The number of likely N-dealkylation sites (N-methyl/N-ethyl adjacent to an activating group) is 1. The third-order valence-corrected chi connectivity index (χ3v) is 7.83. The van der Waals surface area contributed by atoms with Gasteiger partial charge in [-0.2, -0.15) is 5.06 Å². The maximum absolute atomic E-state index is 12.1. The summed E-state index contributed by atoms with van der Waals surface area (Å²) in [7, 11) is 1.19. The Hall–Kier alpha value is -2.33. The van der Waals surface area contributed by atoms with E-state index in [1.54, 1.807) is 0 Å². The molecule has 15 unspecified atom stereocenters. The molecular weight excluding hydrogens is 648 g/mol. The van der Waals surface area contributed by atoms with E-state index in [9.17, 15) is 66.1 Å². The molecule has 3 aliphatic rings. The highest BCUT2D eigenvalue weighted by Gasteiger charge is 2.54. The number of aliphatic hydroxyl groups is 10. The van der Waals surface area contributed by atoms with Crippen molar-refractivity contribution in [3.63, 3.8) is 0 Å². The molecule has 3 aliphatic heterocycles. The van der Waals surface area contributed by atoms with Crippen molar-refractivity contribution in [3.8, 4) is 11.8 Å². The van der Waals surface area contributed by atoms with Crippen LogP contribution in [0.25, 0.3) is 0 Å². The highest BCUT2D eigenvalue weighted by molar-refractivity contribution is 5.71. The van der Waals surface area contributed by atoms with Crippen molar-refractivity contribution in [2.75, 3.05) is 33.5 Å². The molecule has 270 valence electrons. The Morgan fingerprint density at radius 2 is 1.23 bits per heavy atom. The molecule has 0 aromatic carbocycles. The lowest BCUT2D eigenvalue weighted by atomic mass is 9.95. The fourth-order valence-corrected chi connectivity index (χ4v) is 5.20. The fraction of sp³-hybridized carbons (Fsp3) is 0.800. The van der Waals surface area contributed by atoms with Gasteiger partial charge in [0.25, 0.3) is 0 Å². The molecule has 12 N–H and O–H groups in total. The van der Waals surface area contributed by atoms with Crippen LogP contribution in [0, 0.1) is 0 Å². The summed E-state index contributed by atoms with van der Waals surface area (Å²) in [5.74, 6) is -2.29. The summed E-state index contributed by atoms with van der Waals surface area (Å²) in [6.45, 7) is -3.36. The predicted octanol–water partition coefficient (Wildman–Crippen LogP) is -7.83. The van der Waals surface area contributed by atoms with Gasteiger partial charge in [0.2, 0.25) is 11.8 Å². The van der Waals surface area contributed by atoms with Gasteiger partial charge in [-0.15, -0.1) is 4.73 Å². The van der Waals surface area contributed by atoms with E-state index in [-0.39, 0.29) is 0 Å². The number of aromatic nitrogens is 1. The predicted molar refractivity (Wildman–Crippen MR) is 142 cm³/mol. The van der Waals surface area contributed by atoms with Gasteiger partial charge in [0, 0.05) is 19.2 Å². The zero-order chi connectivity index (χ0) is 34.7. The Kier molecular flexibility index (Phi) is 12.7. The fourth-order valence-electron chi connectivity index (χ4n) is 5.20. The van der Waals surface area contributed by atoms with E-state index in [4.69, 9.17) is 33.4 Å². The molecule has 22 nitrogen and oxygen atoms in total. The molecule has 3 fully saturated rings. The van der Waals surface area contributed by atoms with E-state index < -0.39 is 136 Å². The summed E-state index contributed by atoms with van der Waals surface area (Å²) in [5, 5.41) is 123. The number of nitrogens with zero attached hydrogens (tertiary/aromatic N) is 2. The first-order chi connectivity index (χ1) is 22.2. The molecule has 4 heterocycles. The summed E-state index contributed by atoms with van der Waals surface area (Å²) >= 11 is 0. The van der Waals surface area contributed by atoms with Crippen LogP contribution in [0.2, 0.25) is 0 Å².